The number of esters is 1. The summed E-state index contributed by atoms with van der Waals surface area (Å²) in [6, 6.07) is 12.8. The maximum atomic E-state index is 14.3. The monoisotopic (exact) mass is 519 g/mol. The maximum Gasteiger partial charge on any atom is 0.420 e. The van der Waals surface area contributed by atoms with E-state index in [1.54, 1.807) is 6.92 Å². The molecule has 37 heavy (non-hydrogen) atoms. The fraction of sp³-hybridized carbons (Fsp3) is 0.185. The summed E-state index contributed by atoms with van der Waals surface area (Å²) in [5.74, 6) is -1.49. The molecule has 0 fully saturated rings. The molecule has 3 aromatic carbocycles. The Morgan fingerprint density at radius 1 is 0.784 bits per heavy atom. The number of halogens is 6. The smallest absolute Gasteiger partial charge is 0.420 e. The van der Waals surface area contributed by atoms with Crippen LogP contribution in [0.3, 0.4) is 0 Å². The van der Waals surface area contributed by atoms with Gasteiger partial charge >= 0.3 is 18.3 Å². The van der Waals surface area contributed by atoms with Crippen molar-refractivity contribution in [3.63, 3.8) is 0 Å². The topological polar surface area (TPSA) is 48.4 Å². The minimum absolute atomic E-state index is 0.0170. The van der Waals surface area contributed by atoms with Crippen molar-refractivity contribution in [1.29, 1.82) is 0 Å². The van der Waals surface area contributed by atoms with Crippen LogP contribution in [-0.4, -0.2) is 11.0 Å². The molecular formula is C27H19F6NO3. The number of hydrogen-bond donors (Lipinski definition) is 0. The second kappa shape index (κ2) is 9.42. The number of aromatic nitrogens is 1. The van der Waals surface area contributed by atoms with Crippen LogP contribution in [-0.2, 0) is 17.1 Å². The predicted octanol–water partition coefficient (Wildman–Crippen LogP) is 8.27. The first-order chi connectivity index (χ1) is 17.3. The van der Waals surface area contributed by atoms with E-state index in [1.165, 1.54) is 49.4 Å². The summed E-state index contributed by atoms with van der Waals surface area (Å²) in [5, 5.41) is -0.398. The molecule has 192 valence electrons. The quantitative estimate of drug-likeness (QED) is 0.201. The molecule has 0 unspecified atom stereocenters. The van der Waals surface area contributed by atoms with Crippen molar-refractivity contribution in [2.24, 2.45) is 0 Å². The van der Waals surface area contributed by atoms with Crippen molar-refractivity contribution in [3.8, 4) is 28.4 Å². The molecule has 4 rings (SSSR count). The molecule has 1 aromatic heterocycles. The summed E-state index contributed by atoms with van der Waals surface area (Å²) < 4.78 is 92.1. The highest BCUT2D eigenvalue weighted by molar-refractivity contribution is 5.94. The lowest BCUT2D eigenvalue weighted by Gasteiger charge is -2.19. The SMILES string of the molecule is CC(=O)Oc1c(C)c(C)nc2ccc(Oc3ccc(-c4ccc(C(F)(F)F)cc4)cc3)c(C(F)(F)F)c12. The Morgan fingerprint density at radius 2 is 1.35 bits per heavy atom. The molecule has 0 amide bonds. The molecule has 0 bridgehead atoms. The van der Waals surface area contributed by atoms with Gasteiger partial charge in [-0.3, -0.25) is 9.78 Å². The largest absolute Gasteiger partial charge is 0.457 e. The number of ether oxygens (including phenoxy) is 2. The summed E-state index contributed by atoms with van der Waals surface area (Å²) >= 11 is 0. The van der Waals surface area contributed by atoms with Crippen molar-refractivity contribution in [3.05, 3.63) is 83.0 Å². The number of carbonyl (C=O) groups excluding carboxylic acids is 1. The minimum atomic E-state index is -4.88. The van der Waals surface area contributed by atoms with Crippen LogP contribution in [0.2, 0.25) is 0 Å². The third-order valence-corrected chi connectivity index (χ3v) is 5.70. The van der Waals surface area contributed by atoms with Gasteiger partial charge in [0.2, 0.25) is 0 Å². The molecule has 0 saturated heterocycles. The van der Waals surface area contributed by atoms with E-state index in [0.717, 1.165) is 25.1 Å². The number of carbonyl (C=O) groups is 1. The molecule has 0 aliphatic heterocycles. The Balaban J connectivity index is 1.75. The number of alkyl halides is 6. The summed E-state index contributed by atoms with van der Waals surface area (Å²) in [5.41, 5.74) is -0.233. The van der Waals surface area contributed by atoms with Gasteiger partial charge in [0, 0.05) is 18.2 Å². The molecule has 0 saturated carbocycles. The molecule has 0 N–H and O–H groups in total. The lowest BCUT2D eigenvalue weighted by Crippen LogP contribution is -2.12. The molecule has 0 atom stereocenters. The first-order valence-electron chi connectivity index (χ1n) is 10.9. The Morgan fingerprint density at radius 3 is 1.86 bits per heavy atom. The van der Waals surface area contributed by atoms with Crippen LogP contribution >= 0.6 is 0 Å². The second-order valence-corrected chi connectivity index (χ2v) is 8.28. The highest BCUT2D eigenvalue weighted by atomic mass is 19.4. The fourth-order valence-electron chi connectivity index (χ4n) is 3.84. The van der Waals surface area contributed by atoms with Gasteiger partial charge in [0.15, 0.2) is 0 Å². The van der Waals surface area contributed by atoms with E-state index in [2.05, 4.69) is 4.98 Å². The van der Waals surface area contributed by atoms with Crippen molar-refractivity contribution in [2.75, 3.05) is 0 Å². The van der Waals surface area contributed by atoms with Gasteiger partial charge in [-0.1, -0.05) is 24.3 Å². The molecule has 4 aromatic rings. The maximum absolute atomic E-state index is 14.3. The number of hydrogen-bond acceptors (Lipinski definition) is 4. The van der Waals surface area contributed by atoms with Gasteiger partial charge in [-0.25, -0.2) is 0 Å². The third kappa shape index (κ3) is 5.37. The van der Waals surface area contributed by atoms with Gasteiger partial charge in [-0.2, -0.15) is 26.3 Å². The van der Waals surface area contributed by atoms with Crippen molar-refractivity contribution in [1.82, 2.24) is 4.98 Å². The van der Waals surface area contributed by atoms with Gasteiger partial charge in [0.25, 0.3) is 0 Å². The van der Waals surface area contributed by atoms with E-state index in [9.17, 15) is 31.1 Å². The number of benzene rings is 3. The highest BCUT2D eigenvalue weighted by Crippen LogP contribution is 2.46. The standard InChI is InChI=1S/C27H19F6NO3/c1-14-15(2)34-21-12-13-22(24(27(31,32)33)23(21)25(14)36-16(3)35)37-20-10-6-18(7-11-20)17-4-8-19(9-5-17)26(28,29)30/h4-13H,1-3H3. The summed E-state index contributed by atoms with van der Waals surface area (Å²) in [4.78, 5) is 15.9. The molecule has 0 spiro atoms. The zero-order chi connectivity index (χ0) is 27.1. The summed E-state index contributed by atoms with van der Waals surface area (Å²) in [6.07, 6.45) is -9.35. The van der Waals surface area contributed by atoms with E-state index >= 15 is 0 Å². The molecule has 0 aliphatic carbocycles. The Bertz CT molecular complexity index is 1470. The van der Waals surface area contributed by atoms with Crippen LogP contribution in [0.4, 0.5) is 26.3 Å². The first-order valence-corrected chi connectivity index (χ1v) is 10.9. The minimum Gasteiger partial charge on any atom is -0.457 e. The molecule has 4 nitrogen and oxygen atoms in total. The number of aryl methyl sites for hydroxylation is 1. The van der Waals surface area contributed by atoms with E-state index in [0.29, 0.717) is 16.8 Å². The number of pyridine rings is 1. The Hall–Kier alpha value is -4.08. The van der Waals surface area contributed by atoms with Crippen LogP contribution in [0.15, 0.2) is 60.7 Å². The van der Waals surface area contributed by atoms with Crippen molar-refractivity contribution >= 4 is 16.9 Å². The molecular weight excluding hydrogens is 500 g/mol. The Labute approximate surface area is 207 Å². The molecule has 1 heterocycles. The highest BCUT2D eigenvalue weighted by Gasteiger charge is 2.39. The van der Waals surface area contributed by atoms with E-state index in [4.69, 9.17) is 9.47 Å². The van der Waals surface area contributed by atoms with Crippen LogP contribution in [0.25, 0.3) is 22.0 Å². The molecule has 10 heteroatoms. The van der Waals surface area contributed by atoms with E-state index < -0.39 is 40.6 Å². The Kier molecular flexibility index (Phi) is 6.62. The first kappa shape index (κ1) is 26.0. The van der Waals surface area contributed by atoms with E-state index in [-0.39, 0.29) is 22.6 Å². The average Bonchev–Trinajstić information content (AvgIpc) is 2.81. The second-order valence-electron chi connectivity index (χ2n) is 8.28. The summed E-state index contributed by atoms with van der Waals surface area (Å²) in [7, 11) is 0. The van der Waals surface area contributed by atoms with Gasteiger partial charge in [0.05, 0.1) is 16.5 Å². The van der Waals surface area contributed by atoms with Gasteiger partial charge < -0.3 is 9.47 Å². The average molecular weight is 519 g/mol. The number of nitrogens with zero attached hydrogens (tertiary/aromatic N) is 1. The molecule has 0 aliphatic rings. The normalized spacial score (nSPS) is 12.0. The van der Waals surface area contributed by atoms with Crippen LogP contribution in [0.1, 0.15) is 29.3 Å². The van der Waals surface area contributed by atoms with Crippen molar-refractivity contribution in [2.45, 2.75) is 33.1 Å². The zero-order valence-electron chi connectivity index (χ0n) is 19.7. The van der Waals surface area contributed by atoms with Crippen LogP contribution in [0, 0.1) is 13.8 Å². The van der Waals surface area contributed by atoms with Gasteiger partial charge in [0.1, 0.15) is 22.8 Å². The van der Waals surface area contributed by atoms with E-state index in [1.807, 2.05) is 0 Å². The third-order valence-electron chi connectivity index (χ3n) is 5.70. The van der Waals surface area contributed by atoms with Gasteiger partial charge in [-0.15, -0.1) is 0 Å². The number of fused-ring (bicyclic) bond motifs is 1. The lowest BCUT2D eigenvalue weighted by molar-refractivity contribution is -0.138. The number of rotatable bonds is 4. The zero-order valence-corrected chi connectivity index (χ0v) is 19.7. The van der Waals surface area contributed by atoms with Crippen LogP contribution < -0.4 is 9.47 Å². The lowest BCUT2D eigenvalue weighted by atomic mass is 10.0. The van der Waals surface area contributed by atoms with Gasteiger partial charge in [-0.05, 0) is 61.4 Å². The van der Waals surface area contributed by atoms with Crippen molar-refractivity contribution < 1.29 is 40.6 Å². The predicted molar refractivity (Wildman–Crippen MR) is 124 cm³/mol. The fourth-order valence-corrected chi connectivity index (χ4v) is 3.84. The molecule has 0 radical (unpaired) electrons. The summed E-state index contributed by atoms with van der Waals surface area (Å²) in [6.45, 7) is 4.19. The van der Waals surface area contributed by atoms with Crippen LogP contribution in [0.5, 0.6) is 17.2 Å².